The number of halogens is 2. The number of rotatable bonds is 2. The van der Waals surface area contributed by atoms with E-state index in [-0.39, 0.29) is 23.3 Å². The smallest absolute Gasteiger partial charge is 0.223 e. The second kappa shape index (κ2) is 4.20. The third-order valence-corrected chi connectivity index (χ3v) is 1.98. The number of nitrogens with zero attached hydrogens (tertiary/aromatic N) is 2. The number of benzene rings is 1. The van der Waals surface area contributed by atoms with Crippen molar-refractivity contribution in [3.05, 3.63) is 35.9 Å². The highest BCUT2D eigenvalue weighted by Gasteiger charge is 2.08. The lowest BCUT2D eigenvalue weighted by atomic mass is 10.3. The first-order chi connectivity index (χ1) is 8.06. The van der Waals surface area contributed by atoms with Crippen molar-refractivity contribution < 1.29 is 8.78 Å². The summed E-state index contributed by atoms with van der Waals surface area (Å²) >= 11 is 0. The SMILES string of the molecule is Nc1cc(Nc2cccc(F)c2F)nc(N)n1. The van der Waals surface area contributed by atoms with E-state index in [9.17, 15) is 8.78 Å². The molecule has 2 aromatic rings. The van der Waals surface area contributed by atoms with E-state index in [0.29, 0.717) is 0 Å². The Bertz CT molecular complexity index is 538. The monoisotopic (exact) mass is 237 g/mol. The first kappa shape index (κ1) is 11.1. The van der Waals surface area contributed by atoms with Crippen LogP contribution in [-0.4, -0.2) is 9.97 Å². The molecule has 0 saturated carbocycles. The fraction of sp³-hybridized carbons (Fsp3) is 0. The van der Waals surface area contributed by atoms with Crippen LogP contribution in [0.3, 0.4) is 0 Å². The van der Waals surface area contributed by atoms with Gasteiger partial charge in [-0.3, -0.25) is 0 Å². The van der Waals surface area contributed by atoms with Crippen LogP contribution in [0.15, 0.2) is 24.3 Å². The predicted molar refractivity (Wildman–Crippen MR) is 60.5 cm³/mol. The molecule has 0 atom stereocenters. The summed E-state index contributed by atoms with van der Waals surface area (Å²) in [6.45, 7) is 0. The molecular weight excluding hydrogens is 228 g/mol. The van der Waals surface area contributed by atoms with Crippen LogP contribution < -0.4 is 16.8 Å². The zero-order valence-electron chi connectivity index (χ0n) is 8.61. The van der Waals surface area contributed by atoms with Crippen LogP contribution in [-0.2, 0) is 0 Å². The molecule has 1 aromatic heterocycles. The number of nitrogens with two attached hydrogens (primary N) is 2. The van der Waals surface area contributed by atoms with Gasteiger partial charge in [-0.15, -0.1) is 0 Å². The maximum absolute atomic E-state index is 13.3. The largest absolute Gasteiger partial charge is 0.383 e. The van der Waals surface area contributed by atoms with Crippen molar-refractivity contribution >= 4 is 23.3 Å². The third kappa shape index (κ3) is 2.39. The molecule has 0 radical (unpaired) electrons. The average Bonchev–Trinajstić information content (AvgIpc) is 2.23. The molecule has 0 aliphatic heterocycles. The first-order valence-electron chi connectivity index (χ1n) is 4.67. The Labute approximate surface area is 95.5 Å². The molecule has 88 valence electrons. The first-order valence-corrected chi connectivity index (χ1v) is 4.67. The predicted octanol–water partition coefficient (Wildman–Crippen LogP) is 1.66. The van der Waals surface area contributed by atoms with Crippen LogP contribution in [0.25, 0.3) is 0 Å². The molecule has 0 saturated heterocycles. The van der Waals surface area contributed by atoms with Gasteiger partial charge in [0.15, 0.2) is 11.6 Å². The van der Waals surface area contributed by atoms with Gasteiger partial charge < -0.3 is 16.8 Å². The quantitative estimate of drug-likeness (QED) is 0.739. The maximum Gasteiger partial charge on any atom is 0.223 e. The second-order valence-corrected chi connectivity index (χ2v) is 3.26. The lowest BCUT2D eigenvalue weighted by molar-refractivity contribution is 0.511. The minimum atomic E-state index is -0.997. The molecule has 0 spiro atoms. The van der Waals surface area contributed by atoms with Gasteiger partial charge in [0.05, 0.1) is 5.69 Å². The molecule has 0 amide bonds. The topological polar surface area (TPSA) is 89.8 Å². The van der Waals surface area contributed by atoms with Crippen LogP contribution in [0.5, 0.6) is 0 Å². The van der Waals surface area contributed by atoms with E-state index in [1.807, 2.05) is 0 Å². The van der Waals surface area contributed by atoms with E-state index in [0.717, 1.165) is 6.07 Å². The Kier molecular flexibility index (Phi) is 2.73. The summed E-state index contributed by atoms with van der Waals surface area (Å²) in [5, 5.41) is 2.57. The molecule has 0 aliphatic rings. The number of hydrogen-bond donors (Lipinski definition) is 3. The fourth-order valence-electron chi connectivity index (χ4n) is 1.29. The van der Waals surface area contributed by atoms with Gasteiger partial charge in [0, 0.05) is 6.07 Å². The summed E-state index contributed by atoms with van der Waals surface area (Å²) in [7, 11) is 0. The van der Waals surface area contributed by atoms with Gasteiger partial charge in [-0.25, -0.2) is 8.78 Å². The van der Waals surface area contributed by atoms with E-state index >= 15 is 0 Å². The van der Waals surface area contributed by atoms with E-state index in [2.05, 4.69) is 15.3 Å². The number of nitrogens with one attached hydrogen (secondary N) is 1. The maximum atomic E-state index is 13.3. The summed E-state index contributed by atoms with van der Waals surface area (Å²) < 4.78 is 26.3. The summed E-state index contributed by atoms with van der Waals surface area (Å²) in [4.78, 5) is 7.44. The van der Waals surface area contributed by atoms with Crippen molar-refractivity contribution in [1.29, 1.82) is 0 Å². The molecule has 0 bridgehead atoms. The highest BCUT2D eigenvalue weighted by atomic mass is 19.2. The van der Waals surface area contributed by atoms with Crippen LogP contribution in [0.1, 0.15) is 0 Å². The van der Waals surface area contributed by atoms with Gasteiger partial charge in [-0.2, -0.15) is 9.97 Å². The molecule has 1 aromatic carbocycles. The zero-order chi connectivity index (χ0) is 12.4. The van der Waals surface area contributed by atoms with Crippen molar-refractivity contribution in [2.45, 2.75) is 0 Å². The van der Waals surface area contributed by atoms with Crippen LogP contribution >= 0.6 is 0 Å². The van der Waals surface area contributed by atoms with Crippen LogP contribution in [0.4, 0.5) is 32.1 Å². The number of anilines is 4. The lowest BCUT2D eigenvalue weighted by Gasteiger charge is -2.07. The summed E-state index contributed by atoms with van der Waals surface area (Å²) in [6, 6.07) is 5.12. The Balaban J connectivity index is 2.34. The van der Waals surface area contributed by atoms with Crippen LogP contribution in [0, 0.1) is 11.6 Å². The molecule has 17 heavy (non-hydrogen) atoms. The second-order valence-electron chi connectivity index (χ2n) is 3.26. The Morgan fingerprint density at radius 2 is 1.88 bits per heavy atom. The van der Waals surface area contributed by atoms with E-state index < -0.39 is 11.6 Å². The van der Waals surface area contributed by atoms with Crippen molar-refractivity contribution in [2.24, 2.45) is 0 Å². The lowest BCUT2D eigenvalue weighted by Crippen LogP contribution is -2.04. The minimum absolute atomic E-state index is 0.0516. The zero-order valence-corrected chi connectivity index (χ0v) is 8.61. The van der Waals surface area contributed by atoms with Crippen molar-refractivity contribution in [3.8, 4) is 0 Å². The Hall–Kier alpha value is -2.44. The molecular formula is C10H9F2N5. The standard InChI is InChI=1S/C10H9F2N5/c11-5-2-1-3-6(9(5)12)15-8-4-7(13)16-10(14)17-8/h1-4H,(H5,13,14,15,16,17). The van der Waals surface area contributed by atoms with E-state index in [1.165, 1.54) is 18.2 Å². The minimum Gasteiger partial charge on any atom is -0.383 e. The third-order valence-electron chi connectivity index (χ3n) is 1.98. The normalized spacial score (nSPS) is 10.2. The van der Waals surface area contributed by atoms with Crippen molar-refractivity contribution in [2.75, 3.05) is 16.8 Å². The number of aromatic nitrogens is 2. The van der Waals surface area contributed by atoms with Crippen molar-refractivity contribution in [1.82, 2.24) is 9.97 Å². The van der Waals surface area contributed by atoms with Gasteiger partial charge in [-0.1, -0.05) is 6.07 Å². The van der Waals surface area contributed by atoms with Gasteiger partial charge in [0.25, 0.3) is 0 Å². The van der Waals surface area contributed by atoms with Crippen molar-refractivity contribution in [3.63, 3.8) is 0 Å². The highest BCUT2D eigenvalue weighted by Crippen LogP contribution is 2.21. The summed E-state index contributed by atoms with van der Waals surface area (Å²) in [5.74, 6) is -1.67. The Morgan fingerprint density at radius 3 is 2.59 bits per heavy atom. The molecule has 1 heterocycles. The Morgan fingerprint density at radius 1 is 1.12 bits per heavy atom. The summed E-state index contributed by atoms with van der Waals surface area (Å²) in [6.07, 6.45) is 0. The molecule has 0 aliphatic carbocycles. The van der Waals surface area contributed by atoms with E-state index in [1.54, 1.807) is 0 Å². The summed E-state index contributed by atoms with van der Waals surface area (Å²) in [5.41, 5.74) is 10.8. The molecule has 0 unspecified atom stereocenters. The molecule has 7 heteroatoms. The molecule has 5 N–H and O–H groups in total. The fourth-order valence-corrected chi connectivity index (χ4v) is 1.29. The van der Waals surface area contributed by atoms with Gasteiger partial charge in [0.2, 0.25) is 5.95 Å². The van der Waals surface area contributed by atoms with Gasteiger partial charge in [0.1, 0.15) is 11.6 Å². The van der Waals surface area contributed by atoms with Crippen LogP contribution in [0.2, 0.25) is 0 Å². The highest BCUT2D eigenvalue weighted by molar-refractivity contribution is 5.60. The molecule has 5 nitrogen and oxygen atoms in total. The number of hydrogen-bond acceptors (Lipinski definition) is 5. The average molecular weight is 237 g/mol. The molecule has 2 rings (SSSR count). The van der Waals surface area contributed by atoms with Gasteiger partial charge in [-0.05, 0) is 12.1 Å². The van der Waals surface area contributed by atoms with E-state index in [4.69, 9.17) is 11.5 Å². The number of nitrogen functional groups attached to an aromatic ring is 2. The van der Waals surface area contributed by atoms with Gasteiger partial charge >= 0.3 is 0 Å². The molecule has 0 fully saturated rings.